The molecule has 19 heavy (non-hydrogen) atoms. The van der Waals surface area contributed by atoms with Gasteiger partial charge >= 0.3 is 0 Å². The van der Waals surface area contributed by atoms with Gasteiger partial charge in [-0.25, -0.2) is 0 Å². The van der Waals surface area contributed by atoms with Crippen LogP contribution in [0.2, 0.25) is 5.02 Å². The number of anilines is 1. The molecule has 0 amide bonds. The second-order valence-corrected chi connectivity index (χ2v) is 6.07. The lowest BCUT2D eigenvalue weighted by Gasteiger charge is -2.09. The zero-order chi connectivity index (χ0) is 13.8. The van der Waals surface area contributed by atoms with Crippen molar-refractivity contribution in [3.63, 3.8) is 0 Å². The second kappa shape index (κ2) is 6.64. The monoisotopic (exact) mass is 403 g/mol. The van der Waals surface area contributed by atoms with Crippen LogP contribution in [0.4, 0.5) is 5.69 Å². The highest BCUT2D eigenvalue weighted by Gasteiger charge is 2.02. The number of benzene rings is 2. The van der Waals surface area contributed by atoms with Gasteiger partial charge in [-0.3, -0.25) is 0 Å². The van der Waals surface area contributed by atoms with E-state index in [1.807, 2.05) is 36.4 Å². The molecule has 2 rings (SSSR count). The maximum Gasteiger partial charge on any atom is 0.133 e. The molecule has 100 valence electrons. The number of methoxy groups -OCH3 is 1. The summed E-state index contributed by atoms with van der Waals surface area (Å²) in [5.41, 5.74) is 2.18. The Morgan fingerprint density at radius 1 is 1.11 bits per heavy atom. The van der Waals surface area contributed by atoms with Crippen LogP contribution in [-0.4, -0.2) is 7.11 Å². The first-order chi connectivity index (χ1) is 9.10. The Morgan fingerprint density at radius 3 is 2.53 bits per heavy atom. The minimum atomic E-state index is 0.706. The van der Waals surface area contributed by atoms with Crippen LogP contribution in [0.3, 0.4) is 0 Å². The van der Waals surface area contributed by atoms with Crippen molar-refractivity contribution >= 4 is 49.1 Å². The highest BCUT2D eigenvalue weighted by molar-refractivity contribution is 9.10. The number of hydrogen-bond acceptors (Lipinski definition) is 2. The van der Waals surface area contributed by atoms with E-state index in [4.69, 9.17) is 16.3 Å². The first-order valence-electron chi connectivity index (χ1n) is 5.61. The average molecular weight is 406 g/mol. The highest BCUT2D eigenvalue weighted by atomic mass is 79.9. The number of nitrogens with one attached hydrogen (secondary N) is 1. The van der Waals surface area contributed by atoms with Crippen LogP contribution in [0.5, 0.6) is 5.75 Å². The number of hydrogen-bond donors (Lipinski definition) is 1. The maximum absolute atomic E-state index is 5.96. The molecule has 0 aliphatic rings. The van der Waals surface area contributed by atoms with E-state index in [1.165, 1.54) is 5.56 Å². The number of rotatable bonds is 4. The zero-order valence-electron chi connectivity index (χ0n) is 10.2. The van der Waals surface area contributed by atoms with Gasteiger partial charge in [0.05, 0.1) is 16.6 Å². The van der Waals surface area contributed by atoms with Crippen molar-refractivity contribution in [3.05, 3.63) is 55.9 Å². The molecule has 0 aliphatic carbocycles. The van der Waals surface area contributed by atoms with E-state index in [1.54, 1.807) is 7.11 Å². The standard InChI is InChI=1S/C14H12Br2ClNO/c1-19-14-5-2-9(6-12(14)16)8-18-10-3-4-13(17)11(15)7-10/h2-7,18H,8H2,1H3. The number of halogens is 3. The summed E-state index contributed by atoms with van der Waals surface area (Å²) in [6, 6.07) is 11.8. The van der Waals surface area contributed by atoms with Gasteiger partial charge in [-0.15, -0.1) is 0 Å². The van der Waals surface area contributed by atoms with E-state index in [0.29, 0.717) is 5.02 Å². The third kappa shape index (κ3) is 3.88. The van der Waals surface area contributed by atoms with Crippen LogP contribution in [0, 0.1) is 0 Å². The molecule has 2 nitrogen and oxygen atoms in total. The van der Waals surface area contributed by atoms with Crippen LogP contribution < -0.4 is 10.1 Å². The molecule has 0 saturated heterocycles. The first kappa shape index (κ1) is 14.7. The minimum absolute atomic E-state index is 0.706. The maximum atomic E-state index is 5.96. The molecule has 0 unspecified atom stereocenters. The zero-order valence-corrected chi connectivity index (χ0v) is 14.1. The SMILES string of the molecule is COc1ccc(CNc2ccc(Cl)c(Br)c2)cc1Br. The van der Waals surface area contributed by atoms with Gasteiger partial charge in [0, 0.05) is 16.7 Å². The second-order valence-electron chi connectivity index (χ2n) is 3.95. The molecular formula is C14H12Br2ClNO. The van der Waals surface area contributed by atoms with E-state index in [-0.39, 0.29) is 0 Å². The highest BCUT2D eigenvalue weighted by Crippen LogP contribution is 2.27. The fraction of sp³-hybridized carbons (Fsp3) is 0.143. The lowest BCUT2D eigenvalue weighted by Crippen LogP contribution is -1.99. The normalized spacial score (nSPS) is 10.3. The van der Waals surface area contributed by atoms with Gasteiger partial charge in [0.25, 0.3) is 0 Å². The summed E-state index contributed by atoms with van der Waals surface area (Å²) < 4.78 is 7.04. The Kier molecular flexibility index (Phi) is 5.13. The molecule has 0 fully saturated rings. The predicted octanol–water partition coefficient (Wildman–Crippen LogP) is 5.49. The largest absolute Gasteiger partial charge is 0.496 e. The molecule has 1 N–H and O–H groups in total. The molecule has 0 atom stereocenters. The van der Waals surface area contributed by atoms with Gasteiger partial charge in [-0.2, -0.15) is 0 Å². The molecule has 0 bridgehead atoms. The summed E-state index contributed by atoms with van der Waals surface area (Å²) in [7, 11) is 1.66. The molecule has 2 aromatic carbocycles. The van der Waals surface area contributed by atoms with E-state index in [0.717, 1.165) is 26.9 Å². The van der Waals surface area contributed by atoms with Crippen LogP contribution in [-0.2, 0) is 6.54 Å². The molecule has 5 heteroatoms. The Morgan fingerprint density at radius 2 is 1.89 bits per heavy atom. The fourth-order valence-electron chi connectivity index (χ4n) is 1.63. The van der Waals surface area contributed by atoms with Gasteiger partial charge in [-0.05, 0) is 67.8 Å². The number of ether oxygens (including phenoxy) is 1. The van der Waals surface area contributed by atoms with E-state index < -0.39 is 0 Å². The van der Waals surface area contributed by atoms with Crippen LogP contribution >= 0.6 is 43.5 Å². The van der Waals surface area contributed by atoms with E-state index >= 15 is 0 Å². The first-order valence-corrected chi connectivity index (χ1v) is 7.58. The third-order valence-corrected chi connectivity index (χ3v) is 4.47. The van der Waals surface area contributed by atoms with Gasteiger partial charge in [0.15, 0.2) is 0 Å². The van der Waals surface area contributed by atoms with Crippen molar-refractivity contribution in [1.82, 2.24) is 0 Å². The molecule has 0 spiro atoms. The molecule has 0 aromatic heterocycles. The topological polar surface area (TPSA) is 21.3 Å². The van der Waals surface area contributed by atoms with Crippen LogP contribution in [0.25, 0.3) is 0 Å². The lowest BCUT2D eigenvalue weighted by molar-refractivity contribution is 0.412. The molecule has 0 saturated carbocycles. The predicted molar refractivity (Wildman–Crippen MR) is 87.2 cm³/mol. The summed E-state index contributed by atoms with van der Waals surface area (Å²) in [5, 5.41) is 4.05. The van der Waals surface area contributed by atoms with Gasteiger partial charge in [0.1, 0.15) is 5.75 Å². The molecule has 0 heterocycles. The van der Waals surface area contributed by atoms with Gasteiger partial charge in [0.2, 0.25) is 0 Å². The molecule has 0 aliphatic heterocycles. The van der Waals surface area contributed by atoms with Gasteiger partial charge in [-0.1, -0.05) is 17.7 Å². The van der Waals surface area contributed by atoms with Gasteiger partial charge < -0.3 is 10.1 Å². The Hall–Kier alpha value is -0.710. The smallest absolute Gasteiger partial charge is 0.133 e. The Bertz CT molecular complexity index is 590. The quantitative estimate of drug-likeness (QED) is 0.727. The summed E-state index contributed by atoms with van der Waals surface area (Å²) in [6.07, 6.45) is 0. The minimum Gasteiger partial charge on any atom is -0.496 e. The van der Waals surface area contributed by atoms with Crippen LogP contribution in [0.1, 0.15) is 5.56 Å². The van der Waals surface area contributed by atoms with Crippen molar-refractivity contribution in [3.8, 4) is 5.75 Å². The van der Waals surface area contributed by atoms with Crippen LogP contribution in [0.15, 0.2) is 45.3 Å². The molecular weight excluding hydrogens is 393 g/mol. The van der Waals surface area contributed by atoms with Crippen molar-refractivity contribution in [2.45, 2.75) is 6.54 Å². The molecule has 0 radical (unpaired) electrons. The Labute approximate surface area is 134 Å². The van der Waals surface area contributed by atoms with E-state index in [9.17, 15) is 0 Å². The summed E-state index contributed by atoms with van der Waals surface area (Å²) in [6.45, 7) is 0.733. The van der Waals surface area contributed by atoms with Crippen molar-refractivity contribution in [1.29, 1.82) is 0 Å². The summed E-state index contributed by atoms with van der Waals surface area (Å²) in [4.78, 5) is 0. The summed E-state index contributed by atoms with van der Waals surface area (Å²) in [5.74, 6) is 0.831. The Balaban J connectivity index is 2.05. The van der Waals surface area contributed by atoms with Crippen molar-refractivity contribution < 1.29 is 4.74 Å². The summed E-state index contributed by atoms with van der Waals surface area (Å²) >= 11 is 12.8. The van der Waals surface area contributed by atoms with Crippen molar-refractivity contribution in [2.75, 3.05) is 12.4 Å². The lowest BCUT2D eigenvalue weighted by atomic mass is 10.2. The van der Waals surface area contributed by atoms with Crippen molar-refractivity contribution in [2.24, 2.45) is 0 Å². The fourth-order valence-corrected chi connectivity index (χ4v) is 2.71. The third-order valence-electron chi connectivity index (χ3n) is 2.63. The van der Waals surface area contributed by atoms with E-state index in [2.05, 4.69) is 37.2 Å². The molecule has 2 aromatic rings. The average Bonchev–Trinajstić information content (AvgIpc) is 2.40.